The number of rotatable bonds is 4. The highest BCUT2D eigenvalue weighted by Gasteiger charge is 2.22. The van der Waals surface area contributed by atoms with Gasteiger partial charge in [0.2, 0.25) is 10.0 Å². The Kier molecular flexibility index (Phi) is 3.11. The molecule has 0 unspecified atom stereocenters. The van der Waals surface area contributed by atoms with Crippen LogP contribution < -0.4 is 10.3 Å². The summed E-state index contributed by atoms with van der Waals surface area (Å²) in [7, 11) is -3.66. The summed E-state index contributed by atoms with van der Waals surface area (Å²) in [6.45, 7) is 0.427. The Hall–Kier alpha value is -1.14. The third-order valence-electron chi connectivity index (χ3n) is 2.86. The molecule has 0 atom stereocenters. The van der Waals surface area contributed by atoms with Gasteiger partial charge in [-0.1, -0.05) is 6.42 Å². The van der Waals surface area contributed by atoms with E-state index in [1.54, 1.807) is 0 Å². The standard InChI is InChI=1S/C10H14N2O3S/c13-10-9(5-2-6-11-10)16(14,15)12-7-8-3-1-4-8/h2,5-6,8,12H,1,3-4,7H2,(H,11,13). The molecule has 2 rings (SSSR count). The lowest BCUT2D eigenvalue weighted by atomic mass is 9.86. The van der Waals surface area contributed by atoms with Crippen molar-refractivity contribution < 1.29 is 8.42 Å². The van der Waals surface area contributed by atoms with E-state index in [0.29, 0.717) is 12.5 Å². The second-order valence-corrected chi connectivity index (χ2v) is 5.75. The summed E-state index contributed by atoms with van der Waals surface area (Å²) in [5, 5.41) is 0. The van der Waals surface area contributed by atoms with Crippen LogP contribution in [0.5, 0.6) is 0 Å². The van der Waals surface area contributed by atoms with Crippen LogP contribution in [0.25, 0.3) is 0 Å². The largest absolute Gasteiger partial charge is 0.328 e. The van der Waals surface area contributed by atoms with Crippen LogP contribution in [-0.2, 0) is 10.0 Å². The lowest BCUT2D eigenvalue weighted by Gasteiger charge is -2.25. The molecule has 1 aromatic heterocycles. The lowest BCUT2D eigenvalue weighted by Crippen LogP contribution is -2.34. The molecule has 2 N–H and O–H groups in total. The Morgan fingerprint density at radius 3 is 2.75 bits per heavy atom. The number of aromatic nitrogens is 1. The zero-order valence-electron chi connectivity index (χ0n) is 8.77. The molecule has 0 bridgehead atoms. The first kappa shape index (κ1) is 11.3. The van der Waals surface area contributed by atoms with Gasteiger partial charge in [0.05, 0.1) is 0 Å². The molecule has 1 saturated carbocycles. The maximum Gasteiger partial charge on any atom is 0.268 e. The van der Waals surface area contributed by atoms with Gasteiger partial charge >= 0.3 is 0 Å². The maximum atomic E-state index is 11.8. The highest BCUT2D eigenvalue weighted by molar-refractivity contribution is 7.89. The van der Waals surface area contributed by atoms with Crippen molar-refractivity contribution in [3.05, 3.63) is 28.7 Å². The molecule has 0 aliphatic heterocycles. The SMILES string of the molecule is O=c1[nH]cccc1S(=O)(=O)NCC1CCC1. The minimum Gasteiger partial charge on any atom is -0.328 e. The fourth-order valence-corrected chi connectivity index (χ4v) is 2.79. The molecule has 1 heterocycles. The van der Waals surface area contributed by atoms with Crippen molar-refractivity contribution in [1.29, 1.82) is 0 Å². The molecule has 0 saturated heterocycles. The van der Waals surface area contributed by atoms with Crippen LogP contribution in [0.2, 0.25) is 0 Å². The van der Waals surface area contributed by atoms with Crippen molar-refractivity contribution in [1.82, 2.24) is 9.71 Å². The van der Waals surface area contributed by atoms with Gasteiger partial charge in [0.1, 0.15) is 4.90 Å². The molecule has 1 aromatic rings. The van der Waals surface area contributed by atoms with Crippen LogP contribution in [0.15, 0.2) is 28.0 Å². The van der Waals surface area contributed by atoms with E-state index in [2.05, 4.69) is 9.71 Å². The predicted octanol–water partition coefficient (Wildman–Crippen LogP) is 0.453. The van der Waals surface area contributed by atoms with E-state index in [4.69, 9.17) is 0 Å². The summed E-state index contributed by atoms with van der Waals surface area (Å²) in [6, 6.07) is 2.81. The average molecular weight is 242 g/mol. The number of sulfonamides is 1. The monoisotopic (exact) mass is 242 g/mol. The molecule has 1 aliphatic rings. The van der Waals surface area contributed by atoms with Crippen molar-refractivity contribution in [2.75, 3.05) is 6.54 Å². The Balaban J connectivity index is 2.12. The summed E-state index contributed by atoms with van der Waals surface area (Å²) in [4.78, 5) is 13.5. The molecule has 6 heteroatoms. The van der Waals surface area contributed by atoms with Crippen molar-refractivity contribution in [3.63, 3.8) is 0 Å². The fourth-order valence-electron chi connectivity index (χ4n) is 1.62. The molecule has 1 fully saturated rings. The van der Waals surface area contributed by atoms with E-state index in [1.165, 1.54) is 18.3 Å². The average Bonchev–Trinajstić information content (AvgIpc) is 2.15. The molecule has 0 aromatic carbocycles. The summed E-state index contributed by atoms with van der Waals surface area (Å²) in [6.07, 6.45) is 4.70. The third-order valence-corrected chi connectivity index (χ3v) is 4.31. The van der Waals surface area contributed by atoms with Crippen molar-refractivity contribution >= 4 is 10.0 Å². The van der Waals surface area contributed by atoms with Crippen LogP contribution in [-0.4, -0.2) is 19.9 Å². The Labute approximate surface area is 93.9 Å². The second-order valence-electron chi connectivity index (χ2n) is 4.01. The van der Waals surface area contributed by atoms with Gasteiger partial charge in [-0.15, -0.1) is 0 Å². The second kappa shape index (κ2) is 4.39. The van der Waals surface area contributed by atoms with Crippen LogP contribution in [0.3, 0.4) is 0 Å². The maximum absolute atomic E-state index is 11.8. The zero-order valence-corrected chi connectivity index (χ0v) is 9.59. The summed E-state index contributed by atoms with van der Waals surface area (Å²) >= 11 is 0. The fraction of sp³-hybridized carbons (Fsp3) is 0.500. The summed E-state index contributed by atoms with van der Waals surface area (Å²) < 4.78 is 26.0. The molecule has 88 valence electrons. The number of aromatic amines is 1. The van der Waals surface area contributed by atoms with Gasteiger partial charge in [-0.3, -0.25) is 4.79 Å². The number of pyridine rings is 1. The number of nitrogens with one attached hydrogen (secondary N) is 2. The topological polar surface area (TPSA) is 79.0 Å². The van der Waals surface area contributed by atoms with Crippen LogP contribution in [0, 0.1) is 5.92 Å². The summed E-state index contributed by atoms with van der Waals surface area (Å²) in [5.74, 6) is 0.428. The van der Waals surface area contributed by atoms with Crippen molar-refractivity contribution in [2.45, 2.75) is 24.2 Å². The van der Waals surface area contributed by atoms with E-state index in [0.717, 1.165) is 19.3 Å². The predicted molar refractivity (Wildman–Crippen MR) is 59.6 cm³/mol. The normalized spacial score (nSPS) is 17.0. The van der Waals surface area contributed by atoms with Gasteiger partial charge in [-0.25, -0.2) is 13.1 Å². The quantitative estimate of drug-likeness (QED) is 0.804. The van der Waals surface area contributed by atoms with E-state index < -0.39 is 15.6 Å². The highest BCUT2D eigenvalue weighted by Crippen LogP contribution is 2.25. The molecule has 0 spiro atoms. The van der Waals surface area contributed by atoms with Gasteiger partial charge in [-0.05, 0) is 30.9 Å². The van der Waals surface area contributed by atoms with E-state index in [9.17, 15) is 13.2 Å². The first-order chi connectivity index (χ1) is 7.59. The van der Waals surface area contributed by atoms with Crippen LogP contribution in [0.4, 0.5) is 0 Å². The van der Waals surface area contributed by atoms with E-state index >= 15 is 0 Å². The summed E-state index contributed by atoms with van der Waals surface area (Å²) in [5.41, 5.74) is -0.580. The highest BCUT2D eigenvalue weighted by atomic mass is 32.2. The Morgan fingerprint density at radius 2 is 2.19 bits per heavy atom. The minimum absolute atomic E-state index is 0.214. The molecule has 5 nitrogen and oxygen atoms in total. The van der Waals surface area contributed by atoms with Gasteiger partial charge in [0, 0.05) is 12.7 Å². The van der Waals surface area contributed by atoms with Gasteiger partial charge in [0.25, 0.3) is 5.56 Å². The van der Waals surface area contributed by atoms with Gasteiger partial charge < -0.3 is 4.98 Å². The molecule has 16 heavy (non-hydrogen) atoms. The molecule has 0 radical (unpaired) electrons. The van der Waals surface area contributed by atoms with Crippen LogP contribution in [0.1, 0.15) is 19.3 Å². The lowest BCUT2D eigenvalue weighted by molar-refractivity contribution is 0.316. The molecular formula is C10H14N2O3S. The van der Waals surface area contributed by atoms with Gasteiger partial charge in [-0.2, -0.15) is 0 Å². The first-order valence-corrected chi connectivity index (χ1v) is 6.75. The van der Waals surface area contributed by atoms with Gasteiger partial charge in [0.15, 0.2) is 0 Å². The smallest absolute Gasteiger partial charge is 0.268 e. The van der Waals surface area contributed by atoms with Crippen molar-refractivity contribution in [3.8, 4) is 0 Å². The first-order valence-electron chi connectivity index (χ1n) is 5.27. The Morgan fingerprint density at radius 1 is 1.44 bits per heavy atom. The molecule has 0 amide bonds. The van der Waals surface area contributed by atoms with Crippen molar-refractivity contribution in [2.24, 2.45) is 5.92 Å². The molecule has 1 aliphatic carbocycles. The minimum atomic E-state index is -3.66. The zero-order chi connectivity index (χ0) is 11.6. The Bertz CT molecular complexity index is 517. The number of H-pyrrole nitrogens is 1. The third kappa shape index (κ3) is 2.33. The van der Waals surface area contributed by atoms with E-state index in [-0.39, 0.29) is 4.90 Å². The number of hydrogen-bond acceptors (Lipinski definition) is 3. The molecular weight excluding hydrogens is 228 g/mol. The number of hydrogen-bond donors (Lipinski definition) is 2. The van der Waals surface area contributed by atoms with Crippen LogP contribution >= 0.6 is 0 Å². The van der Waals surface area contributed by atoms with E-state index in [1.807, 2.05) is 0 Å².